The fourth-order valence-electron chi connectivity index (χ4n) is 2.91. The van der Waals surface area contributed by atoms with Gasteiger partial charge in [0.25, 0.3) is 0 Å². The Kier molecular flexibility index (Phi) is 6.73. The van der Waals surface area contributed by atoms with Gasteiger partial charge in [0.2, 0.25) is 0 Å². The third-order valence-corrected chi connectivity index (χ3v) is 4.89. The first-order valence-corrected chi connectivity index (χ1v) is 10.7. The van der Waals surface area contributed by atoms with Crippen LogP contribution in [-0.4, -0.2) is 4.40 Å². The maximum absolute atomic E-state index is 2.26. The summed E-state index contributed by atoms with van der Waals surface area (Å²) in [6.07, 6.45) is 6.54. The van der Waals surface area contributed by atoms with Gasteiger partial charge in [-0.3, -0.25) is 0 Å². The second-order valence-corrected chi connectivity index (χ2v) is 7.47. The van der Waals surface area contributed by atoms with Crippen molar-refractivity contribution in [1.29, 1.82) is 0 Å². The molecule has 0 bridgehead atoms. The number of benzene rings is 3. The SMILES string of the molecule is Cc1ccc(C(C=C[CH]=[W])=CN(c2ccccc2)c2cccc(C)c2)cc1. The summed E-state index contributed by atoms with van der Waals surface area (Å²) in [7, 11) is 0. The first-order chi connectivity index (χ1) is 13.2. The van der Waals surface area contributed by atoms with E-state index in [1.165, 1.54) is 41.6 Å². The van der Waals surface area contributed by atoms with Gasteiger partial charge in [-0.1, -0.05) is 0 Å². The van der Waals surface area contributed by atoms with Crippen LogP contribution in [0.2, 0.25) is 0 Å². The van der Waals surface area contributed by atoms with Crippen LogP contribution in [0.25, 0.3) is 5.57 Å². The number of anilines is 2. The molecule has 3 aromatic rings. The molecule has 0 unspecified atom stereocenters. The van der Waals surface area contributed by atoms with E-state index in [1.54, 1.807) is 0 Å². The minimum absolute atomic E-state index is 1.15. The Balaban J connectivity index is 2.14. The van der Waals surface area contributed by atoms with Gasteiger partial charge in [-0.2, -0.15) is 0 Å². The van der Waals surface area contributed by atoms with Crippen LogP contribution in [0.1, 0.15) is 16.7 Å². The van der Waals surface area contributed by atoms with Crippen LogP contribution in [0.4, 0.5) is 11.4 Å². The number of hydrogen-bond acceptors (Lipinski definition) is 1. The van der Waals surface area contributed by atoms with Gasteiger partial charge < -0.3 is 0 Å². The average molecular weight is 521 g/mol. The van der Waals surface area contributed by atoms with Crippen molar-refractivity contribution in [2.24, 2.45) is 0 Å². The molecule has 3 aromatic carbocycles. The molecule has 2 heteroatoms. The van der Waals surface area contributed by atoms with Gasteiger partial charge in [-0.05, 0) is 0 Å². The van der Waals surface area contributed by atoms with E-state index >= 15 is 0 Å². The topological polar surface area (TPSA) is 3.24 Å². The van der Waals surface area contributed by atoms with Gasteiger partial charge >= 0.3 is 173 Å². The monoisotopic (exact) mass is 521 g/mol. The van der Waals surface area contributed by atoms with Crippen LogP contribution < -0.4 is 4.90 Å². The molecule has 1 nitrogen and oxygen atoms in total. The van der Waals surface area contributed by atoms with E-state index in [1.807, 2.05) is 0 Å². The van der Waals surface area contributed by atoms with Crippen molar-refractivity contribution >= 4 is 21.3 Å². The Morgan fingerprint density at radius 3 is 2.15 bits per heavy atom. The second kappa shape index (κ2) is 9.44. The van der Waals surface area contributed by atoms with Crippen molar-refractivity contribution in [3.8, 4) is 0 Å². The van der Waals surface area contributed by atoms with Gasteiger partial charge in [0, 0.05) is 0 Å². The van der Waals surface area contributed by atoms with Crippen LogP contribution in [-0.2, 0) is 19.4 Å². The van der Waals surface area contributed by atoms with Gasteiger partial charge in [0.1, 0.15) is 0 Å². The number of rotatable bonds is 6. The van der Waals surface area contributed by atoms with Crippen LogP contribution in [0.15, 0.2) is 97.2 Å². The van der Waals surface area contributed by atoms with Crippen LogP contribution in [0, 0.1) is 13.8 Å². The molecular formula is C25H23NW. The zero-order valence-electron chi connectivity index (χ0n) is 15.7. The number of allylic oxidation sites excluding steroid dienone is 3. The molecule has 27 heavy (non-hydrogen) atoms. The van der Waals surface area contributed by atoms with E-state index in [4.69, 9.17) is 0 Å². The Morgan fingerprint density at radius 2 is 1.48 bits per heavy atom. The molecule has 0 fully saturated rings. The molecule has 0 aliphatic heterocycles. The summed E-state index contributed by atoms with van der Waals surface area (Å²) < 4.78 is 2.14. The maximum atomic E-state index is 2.26. The van der Waals surface area contributed by atoms with Crippen molar-refractivity contribution in [1.82, 2.24) is 0 Å². The normalized spacial score (nSPS) is 11.6. The predicted molar refractivity (Wildman–Crippen MR) is 114 cm³/mol. The Bertz CT molecular complexity index is 953. The molecule has 0 N–H and O–H groups in total. The van der Waals surface area contributed by atoms with E-state index in [2.05, 4.69) is 120 Å². The van der Waals surface area contributed by atoms with E-state index in [0.29, 0.717) is 0 Å². The summed E-state index contributed by atoms with van der Waals surface area (Å²) in [6.45, 7) is 4.25. The number of para-hydroxylation sites is 1. The molecule has 0 aromatic heterocycles. The van der Waals surface area contributed by atoms with Crippen molar-refractivity contribution in [3.63, 3.8) is 0 Å². The molecule has 0 spiro atoms. The minimum atomic E-state index is 1.15. The Morgan fingerprint density at radius 1 is 0.778 bits per heavy atom. The predicted octanol–water partition coefficient (Wildman–Crippen LogP) is 6.39. The van der Waals surface area contributed by atoms with E-state index in [9.17, 15) is 0 Å². The fraction of sp³-hybridized carbons (Fsp3) is 0.0800. The summed E-state index contributed by atoms with van der Waals surface area (Å²) >= 11 is 1.45. The molecule has 0 saturated carbocycles. The summed E-state index contributed by atoms with van der Waals surface area (Å²) in [5.41, 5.74) is 7.21. The van der Waals surface area contributed by atoms with Crippen molar-refractivity contribution in [2.75, 3.05) is 4.90 Å². The summed E-state index contributed by atoms with van der Waals surface area (Å²) in [5.74, 6) is 0. The summed E-state index contributed by atoms with van der Waals surface area (Å²) in [6, 6.07) is 27.8. The molecule has 0 atom stereocenters. The first-order valence-electron chi connectivity index (χ1n) is 8.99. The quantitative estimate of drug-likeness (QED) is 0.340. The van der Waals surface area contributed by atoms with Crippen molar-refractivity contribution in [2.45, 2.75) is 13.8 Å². The van der Waals surface area contributed by atoms with Gasteiger partial charge in [-0.15, -0.1) is 0 Å². The fourth-order valence-corrected chi connectivity index (χ4v) is 3.19. The standard InChI is InChI=1S/C25H23N.W/c1-4-9-23(22-16-14-20(2)15-17-22)19-26(24-11-6-5-7-12-24)25-13-8-10-21(3)18-25;/h1,4-19H,2-3H3;. The summed E-state index contributed by atoms with van der Waals surface area (Å²) in [4.78, 5) is 2.26. The Labute approximate surface area is 173 Å². The molecule has 0 radical (unpaired) electrons. The van der Waals surface area contributed by atoms with Crippen molar-refractivity contribution in [3.05, 3.63) is 114 Å². The third kappa shape index (κ3) is 5.25. The van der Waals surface area contributed by atoms with Crippen LogP contribution >= 0.6 is 0 Å². The van der Waals surface area contributed by atoms with Crippen LogP contribution in [0.3, 0.4) is 0 Å². The average Bonchev–Trinajstić information content (AvgIpc) is 2.70. The first kappa shape index (κ1) is 19.3. The van der Waals surface area contributed by atoms with Gasteiger partial charge in [-0.25, -0.2) is 0 Å². The molecule has 0 aliphatic carbocycles. The Hall–Kier alpha value is -2.50. The molecule has 134 valence electrons. The second-order valence-electron chi connectivity index (χ2n) is 6.49. The molecular weight excluding hydrogens is 498 g/mol. The molecule has 0 amide bonds. The number of hydrogen-bond donors (Lipinski definition) is 0. The van der Waals surface area contributed by atoms with Gasteiger partial charge in [0.05, 0.1) is 0 Å². The number of nitrogens with zero attached hydrogens (tertiary/aromatic N) is 1. The molecule has 0 saturated heterocycles. The third-order valence-electron chi connectivity index (χ3n) is 4.32. The van der Waals surface area contributed by atoms with E-state index in [-0.39, 0.29) is 0 Å². The zero-order chi connectivity index (χ0) is 19.1. The van der Waals surface area contributed by atoms with E-state index < -0.39 is 0 Å². The van der Waals surface area contributed by atoms with Crippen LogP contribution in [0.5, 0.6) is 0 Å². The van der Waals surface area contributed by atoms with Crippen molar-refractivity contribution < 1.29 is 19.4 Å². The zero-order valence-corrected chi connectivity index (χ0v) is 18.6. The summed E-state index contributed by atoms with van der Waals surface area (Å²) in [5, 5.41) is 0. The van der Waals surface area contributed by atoms with E-state index in [0.717, 1.165) is 11.4 Å². The van der Waals surface area contributed by atoms with Gasteiger partial charge in [0.15, 0.2) is 0 Å². The number of aryl methyl sites for hydroxylation is 2. The molecule has 0 aliphatic rings. The molecule has 3 rings (SSSR count). The molecule has 0 heterocycles.